The first kappa shape index (κ1) is 13.4. The summed E-state index contributed by atoms with van der Waals surface area (Å²) in [5.41, 5.74) is 1.08. The molecule has 1 rings (SSSR count). The topological polar surface area (TPSA) is 58.2 Å². The Balaban J connectivity index is 2.39. The molecule has 1 atom stereocenters. The van der Waals surface area contributed by atoms with Crippen LogP contribution in [0.3, 0.4) is 0 Å². The van der Waals surface area contributed by atoms with Crippen LogP contribution < -0.4 is 10.6 Å². The highest BCUT2D eigenvalue weighted by Gasteiger charge is 2.09. The van der Waals surface area contributed by atoms with Crippen LogP contribution in [0.25, 0.3) is 0 Å². The lowest BCUT2D eigenvalue weighted by Gasteiger charge is -2.12. The summed E-state index contributed by atoms with van der Waals surface area (Å²) < 4.78 is 0. The zero-order valence-electron chi connectivity index (χ0n) is 9.98. The zero-order valence-corrected chi connectivity index (χ0v) is 9.98. The summed E-state index contributed by atoms with van der Waals surface area (Å²) >= 11 is 0. The molecular weight excluding hydrogens is 216 g/mol. The molecular formula is C13H18N2O2. The molecule has 0 saturated carbocycles. The largest absolute Gasteiger partial charge is 0.355 e. The zero-order chi connectivity index (χ0) is 12.5. The van der Waals surface area contributed by atoms with Gasteiger partial charge in [0.2, 0.25) is 5.91 Å². The average Bonchev–Trinajstić information content (AvgIpc) is 2.36. The fraction of sp³-hybridized carbons (Fsp3) is 0.385. The van der Waals surface area contributed by atoms with Crippen molar-refractivity contribution in [3.63, 3.8) is 0 Å². The Kier molecular flexibility index (Phi) is 5.96. The highest BCUT2D eigenvalue weighted by Crippen LogP contribution is 2.01. The molecule has 2 N–H and O–H groups in total. The summed E-state index contributed by atoms with van der Waals surface area (Å²) in [4.78, 5) is 22.1. The van der Waals surface area contributed by atoms with Gasteiger partial charge in [0.1, 0.15) is 6.29 Å². The Labute approximate surface area is 101 Å². The molecule has 17 heavy (non-hydrogen) atoms. The molecule has 4 nitrogen and oxygen atoms in total. The van der Waals surface area contributed by atoms with Gasteiger partial charge in [0.15, 0.2) is 0 Å². The van der Waals surface area contributed by atoms with Gasteiger partial charge in [-0.2, -0.15) is 0 Å². The van der Waals surface area contributed by atoms with Gasteiger partial charge in [0, 0.05) is 6.54 Å². The molecule has 0 radical (unpaired) electrons. The summed E-state index contributed by atoms with van der Waals surface area (Å²) in [7, 11) is 0. The lowest BCUT2D eigenvalue weighted by Crippen LogP contribution is -2.40. The molecule has 1 amide bonds. The third-order valence-electron chi connectivity index (χ3n) is 2.36. The lowest BCUT2D eigenvalue weighted by molar-refractivity contribution is -0.120. The van der Waals surface area contributed by atoms with Gasteiger partial charge >= 0.3 is 0 Å². The number of carbonyl (C=O) groups is 2. The molecule has 0 aromatic heterocycles. The number of likely N-dealkylation sites (N-methyl/N-ethyl adjacent to an activating group) is 1. The molecule has 0 fully saturated rings. The van der Waals surface area contributed by atoms with Crippen molar-refractivity contribution in [1.29, 1.82) is 0 Å². The minimum Gasteiger partial charge on any atom is -0.355 e. The van der Waals surface area contributed by atoms with Gasteiger partial charge in [-0.15, -0.1) is 0 Å². The number of carbonyl (C=O) groups excluding carboxylic acids is 2. The van der Waals surface area contributed by atoms with Crippen molar-refractivity contribution in [2.24, 2.45) is 0 Å². The number of benzene rings is 1. The molecule has 0 unspecified atom stereocenters. The first-order valence-electron chi connectivity index (χ1n) is 5.75. The maximum atomic E-state index is 11.2. The fourth-order valence-electron chi connectivity index (χ4n) is 1.52. The van der Waals surface area contributed by atoms with E-state index in [9.17, 15) is 9.59 Å². The number of rotatable bonds is 7. The second-order valence-electron chi connectivity index (χ2n) is 3.77. The molecule has 1 aromatic carbocycles. The van der Waals surface area contributed by atoms with Crippen molar-refractivity contribution in [3.8, 4) is 0 Å². The van der Waals surface area contributed by atoms with Gasteiger partial charge < -0.3 is 10.1 Å². The van der Waals surface area contributed by atoms with Crippen molar-refractivity contribution >= 4 is 12.2 Å². The highest BCUT2D eigenvalue weighted by atomic mass is 16.2. The van der Waals surface area contributed by atoms with Crippen LogP contribution in [0.2, 0.25) is 0 Å². The van der Waals surface area contributed by atoms with Gasteiger partial charge in [-0.3, -0.25) is 10.1 Å². The van der Waals surface area contributed by atoms with Crippen molar-refractivity contribution < 1.29 is 9.59 Å². The van der Waals surface area contributed by atoms with Crippen LogP contribution in [0.1, 0.15) is 12.5 Å². The molecule has 92 valence electrons. The summed E-state index contributed by atoms with van der Waals surface area (Å²) in [5, 5.41) is 5.59. The van der Waals surface area contributed by atoms with Crippen LogP contribution >= 0.6 is 0 Å². The number of hydrogen-bond donors (Lipinski definition) is 2. The molecule has 0 heterocycles. The number of aldehydes is 1. The Bertz CT molecular complexity index is 352. The van der Waals surface area contributed by atoms with E-state index in [2.05, 4.69) is 10.6 Å². The van der Waals surface area contributed by atoms with Crippen LogP contribution in [-0.4, -0.2) is 31.3 Å². The summed E-state index contributed by atoms with van der Waals surface area (Å²) in [5.74, 6) is -0.0904. The van der Waals surface area contributed by atoms with E-state index >= 15 is 0 Å². The Morgan fingerprint density at radius 3 is 2.65 bits per heavy atom. The van der Waals surface area contributed by atoms with Gasteiger partial charge in [-0.1, -0.05) is 30.3 Å². The molecule has 0 aliphatic carbocycles. The van der Waals surface area contributed by atoms with Crippen LogP contribution in [-0.2, 0) is 16.0 Å². The first-order chi connectivity index (χ1) is 8.26. The van der Waals surface area contributed by atoms with Crippen molar-refractivity contribution in [1.82, 2.24) is 10.6 Å². The summed E-state index contributed by atoms with van der Waals surface area (Å²) in [6.07, 6.45) is 1.44. The Hall–Kier alpha value is -1.68. The van der Waals surface area contributed by atoms with Gasteiger partial charge in [-0.25, -0.2) is 0 Å². The molecule has 4 heteroatoms. The Morgan fingerprint density at radius 1 is 1.35 bits per heavy atom. The van der Waals surface area contributed by atoms with Crippen LogP contribution in [0, 0.1) is 0 Å². The normalized spacial score (nSPS) is 11.8. The van der Waals surface area contributed by atoms with Crippen molar-refractivity contribution in [2.75, 3.05) is 13.1 Å². The molecule has 0 aliphatic rings. The molecule has 1 aromatic rings. The van der Waals surface area contributed by atoms with Crippen molar-refractivity contribution in [2.45, 2.75) is 19.4 Å². The molecule has 0 bridgehead atoms. The fourth-order valence-corrected chi connectivity index (χ4v) is 1.52. The second-order valence-corrected chi connectivity index (χ2v) is 3.77. The predicted octanol–water partition coefficient (Wildman–Crippen LogP) is 0.522. The van der Waals surface area contributed by atoms with E-state index < -0.39 is 0 Å². The average molecular weight is 234 g/mol. The smallest absolute Gasteiger partial charge is 0.233 e. The van der Waals surface area contributed by atoms with Crippen LogP contribution in [0.5, 0.6) is 0 Å². The van der Waals surface area contributed by atoms with Gasteiger partial charge in [-0.05, 0) is 18.9 Å². The van der Waals surface area contributed by atoms with E-state index in [1.54, 1.807) is 0 Å². The SMILES string of the molecule is CCNC(=O)CN[C@H](C=O)Cc1ccccc1. The van der Waals surface area contributed by atoms with Crippen molar-refractivity contribution in [3.05, 3.63) is 35.9 Å². The standard InChI is InChI=1S/C13H18N2O2/c1-2-14-13(17)9-15-12(10-16)8-11-6-4-3-5-7-11/h3-7,10,12,15H,2,8-9H2,1H3,(H,14,17)/t12-/m0/s1. The molecule has 0 saturated heterocycles. The summed E-state index contributed by atoms with van der Waals surface area (Å²) in [6, 6.07) is 9.40. The quantitative estimate of drug-likeness (QED) is 0.676. The predicted molar refractivity (Wildman–Crippen MR) is 66.7 cm³/mol. The minimum atomic E-state index is -0.319. The maximum absolute atomic E-state index is 11.2. The van der Waals surface area contributed by atoms with Gasteiger partial charge in [0.25, 0.3) is 0 Å². The third kappa shape index (κ3) is 5.26. The van der Waals surface area contributed by atoms with Crippen LogP contribution in [0.4, 0.5) is 0 Å². The molecule has 0 spiro atoms. The number of amides is 1. The van der Waals surface area contributed by atoms with E-state index in [-0.39, 0.29) is 18.5 Å². The van der Waals surface area contributed by atoms with E-state index in [4.69, 9.17) is 0 Å². The van der Waals surface area contributed by atoms with Gasteiger partial charge in [0.05, 0.1) is 12.6 Å². The minimum absolute atomic E-state index is 0.0904. The third-order valence-corrected chi connectivity index (χ3v) is 2.36. The van der Waals surface area contributed by atoms with E-state index in [1.807, 2.05) is 37.3 Å². The van der Waals surface area contributed by atoms with Crippen LogP contribution in [0.15, 0.2) is 30.3 Å². The number of hydrogen-bond acceptors (Lipinski definition) is 3. The monoisotopic (exact) mass is 234 g/mol. The number of nitrogens with one attached hydrogen (secondary N) is 2. The maximum Gasteiger partial charge on any atom is 0.233 e. The van der Waals surface area contributed by atoms with E-state index in [0.717, 1.165) is 11.8 Å². The Morgan fingerprint density at radius 2 is 2.06 bits per heavy atom. The summed E-state index contributed by atoms with van der Waals surface area (Å²) in [6.45, 7) is 2.63. The van der Waals surface area contributed by atoms with E-state index in [1.165, 1.54) is 0 Å². The first-order valence-corrected chi connectivity index (χ1v) is 5.75. The second kappa shape index (κ2) is 7.57. The van der Waals surface area contributed by atoms with E-state index in [0.29, 0.717) is 13.0 Å². The molecule has 0 aliphatic heterocycles. The highest BCUT2D eigenvalue weighted by molar-refractivity contribution is 5.78. The lowest BCUT2D eigenvalue weighted by atomic mass is 10.1.